The summed E-state index contributed by atoms with van der Waals surface area (Å²) in [4.78, 5) is 4.36. The Morgan fingerprint density at radius 3 is 2.68 bits per heavy atom. The summed E-state index contributed by atoms with van der Waals surface area (Å²) in [5.74, 6) is 2.10. The van der Waals surface area contributed by atoms with Crippen LogP contribution in [-0.2, 0) is 19.4 Å². The first-order chi connectivity index (χ1) is 9.33. The summed E-state index contributed by atoms with van der Waals surface area (Å²) in [6, 6.07) is 10.5. The maximum atomic E-state index is 6.11. The lowest BCUT2D eigenvalue weighted by Gasteiger charge is -2.14. The molecule has 1 heterocycles. The summed E-state index contributed by atoms with van der Waals surface area (Å²) in [7, 11) is 0. The topological polar surface area (TPSA) is 30.7 Å². The fourth-order valence-electron chi connectivity index (χ4n) is 2.23. The second kappa shape index (κ2) is 7.29. The summed E-state index contributed by atoms with van der Waals surface area (Å²) >= 11 is 6.11. The Bertz CT molecular complexity index is 481. The number of hydrogen-bond acceptors (Lipinski definition) is 2. The van der Waals surface area contributed by atoms with Gasteiger partial charge < -0.3 is 0 Å². The molecule has 1 aromatic carbocycles. The van der Waals surface area contributed by atoms with Crippen LogP contribution in [0.5, 0.6) is 0 Å². The molecule has 2 aromatic rings. The van der Waals surface area contributed by atoms with E-state index in [1.54, 1.807) is 6.33 Å². The van der Waals surface area contributed by atoms with E-state index < -0.39 is 0 Å². The third-order valence-electron chi connectivity index (χ3n) is 3.19. The van der Waals surface area contributed by atoms with Crippen molar-refractivity contribution in [3.05, 3.63) is 48.0 Å². The third kappa shape index (κ3) is 4.06. The standard InChI is InChI=1S/C15H20ClN3/c1-2-8-19-15(17-12-18-19)10-14(11-16)9-13-6-4-3-5-7-13/h3-7,12,14H,2,8-11H2,1H3. The molecule has 0 saturated carbocycles. The smallest absolute Gasteiger partial charge is 0.138 e. The van der Waals surface area contributed by atoms with E-state index in [0.29, 0.717) is 11.8 Å². The molecule has 0 bridgehead atoms. The first-order valence-electron chi connectivity index (χ1n) is 6.80. The zero-order chi connectivity index (χ0) is 13.5. The Labute approximate surface area is 119 Å². The Morgan fingerprint density at radius 2 is 2.00 bits per heavy atom. The van der Waals surface area contributed by atoms with Crippen LogP contribution >= 0.6 is 11.6 Å². The van der Waals surface area contributed by atoms with Crippen molar-refractivity contribution in [3.8, 4) is 0 Å². The molecule has 4 heteroatoms. The van der Waals surface area contributed by atoms with E-state index in [4.69, 9.17) is 11.6 Å². The number of aromatic nitrogens is 3. The number of nitrogens with zero attached hydrogens (tertiary/aromatic N) is 3. The third-order valence-corrected chi connectivity index (χ3v) is 3.62. The highest BCUT2D eigenvalue weighted by molar-refractivity contribution is 6.18. The lowest BCUT2D eigenvalue weighted by atomic mass is 9.97. The Morgan fingerprint density at radius 1 is 1.21 bits per heavy atom. The highest BCUT2D eigenvalue weighted by atomic mass is 35.5. The van der Waals surface area contributed by atoms with Gasteiger partial charge in [-0.2, -0.15) is 5.10 Å². The summed E-state index contributed by atoms with van der Waals surface area (Å²) in [6.45, 7) is 3.07. The van der Waals surface area contributed by atoms with Gasteiger partial charge in [-0.3, -0.25) is 4.68 Å². The summed E-state index contributed by atoms with van der Waals surface area (Å²) in [5, 5.41) is 4.26. The molecule has 1 unspecified atom stereocenters. The maximum Gasteiger partial charge on any atom is 0.138 e. The highest BCUT2D eigenvalue weighted by Crippen LogP contribution is 2.15. The second-order valence-corrected chi connectivity index (χ2v) is 5.12. The van der Waals surface area contributed by atoms with E-state index >= 15 is 0 Å². The molecule has 102 valence electrons. The lowest BCUT2D eigenvalue weighted by Crippen LogP contribution is -2.15. The van der Waals surface area contributed by atoms with E-state index in [1.807, 2.05) is 10.7 Å². The predicted octanol–water partition coefficient (Wildman–Crippen LogP) is 3.33. The minimum atomic E-state index is 0.406. The molecule has 0 aliphatic heterocycles. The fourth-order valence-corrected chi connectivity index (χ4v) is 2.45. The number of aryl methyl sites for hydroxylation is 1. The first-order valence-corrected chi connectivity index (χ1v) is 7.33. The van der Waals surface area contributed by atoms with E-state index in [0.717, 1.165) is 31.6 Å². The van der Waals surface area contributed by atoms with E-state index in [2.05, 4.69) is 41.3 Å². The predicted molar refractivity (Wildman–Crippen MR) is 78.4 cm³/mol. The number of hydrogen-bond donors (Lipinski definition) is 0. The van der Waals surface area contributed by atoms with Crippen molar-refractivity contribution in [2.75, 3.05) is 5.88 Å². The number of benzene rings is 1. The maximum absolute atomic E-state index is 6.11. The molecule has 19 heavy (non-hydrogen) atoms. The average molecular weight is 278 g/mol. The van der Waals surface area contributed by atoms with Crippen LogP contribution in [0.15, 0.2) is 36.7 Å². The second-order valence-electron chi connectivity index (χ2n) is 4.81. The van der Waals surface area contributed by atoms with Crippen LogP contribution in [0.4, 0.5) is 0 Å². The van der Waals surface area contributed by atoms with Crippen molar-refractivity contribution < 1.29 is 0 Å². The SMILES string of the molecule is CCCn1ncnc1CC(CCl)Cc1ccccc1. The quantitative estimate of drug-likeness (QED) is 0.727. The molecule has 0 fully saturated rings. The van der Waals surface area contributed by atoms with Gasteiger partial charge in [0, 0.05) is 18.8 Å². The zero-order valence-corrected chi connectivity index (χ0v) is 12.1. The molecular weight excluding hydrogens is 258 g/mol. The molecular formula is C15H20ClN3. The van der Waals surface area contributed by atoms with Gasteiger partial charge in [0.05, 0.1) is 0 Å². The zero-order valence-electron chi connectivity index (χ0n) is 11.3. The molecule has 0 radical (unpaired) electrons. The van der Waals surface area contributed by atoms with Crippen LogP contribution in [-0.4, -0.2) is 20.6 Å². The minimum Gasteiger partial charge on any atom is -0.250 e. The van der Waals surface area contributed by atoms with Gasteiger partial charge in [0.2, 0.25) is 0 Å². The molecule has 0 aliphatic carbocycles. The van der Waals surface area contributed by atoms with Crippen molar-refractivity contribution in [2.45, 2.75) is 32.7 Å². The lowest BCUT2D eigenvalue weighted by molar-refractivity contribution is 0.508. The summed E-state index contributed by atoms with van der Waals surface area (Å²) in [6.07, 6.45) is 4.58. The van der Waals surface area contributed by atoms with Crippen LogP contribution in [0.2, 0.25) is 0 Å². The van der Waals surface area contributed by atoms with Gasteiger partial charge in [-0.15, -0.1) is 11.6 Å². The number of rotatable bonds is 7. The Balaban J connectivity index is 2.00. The summed E-state index contributed by atoms with van der Waals surface area (Å²) in [5.41, 5.74) is 1.33. The molecule has 0 aliphatic rings. The van der Waals surface area contributed by atoms with Crippen LogP contribution in [0.25, 0.3) is 0 Å². The monoisotopic (exact) mass is 277 g/mol. The molecule has 0 spiro atoms. The van der Waals surface area contributed by atoms with E-state index in [1.165, 1.54) is 5.56 Å². The number of halogens is 1. The van der Waals surface area contributed by atoms with Crippen molar-refractivity contribution >= 4 is 11.6 Å². The Hall–Kier alpha value is -1.35. The van der Waals surface area contributed by atoms with Gasteiger partial charge in [0.1, 0.15) is 12.2 Å². The van der Waals surface area contributed by atoms with Crippen LogP contribution in [0.3, 0.4) is 0 Å². The van der Waals surface area contributed by atoms with Crippen LogP contribution in [0, 0.1) is 5.92 Å². The van der Waals surface area contributed by atoms with Gasteiger partial charge >= 0.3 is 0 Å². The average Bonchev–Trinajstić information content (AvgIpc) is 2.87. The van der Waals surface area contributed by atoms with Crippen LogP contribution in [0.1, 0.15) is 24.7 Å². The van der Waals surface area contributed by atoms with Gasteiger partial charge in [-0.1, -0.05) is 37.3 Å². The fraction of sp³-hybridized carbons (Fsp3) is 0.467. The largest absolute Gasteiger partial charge is 0.250 e. The highest BCUT2D eigenvalue weighted by Gasteiger charge is 2.13. The van der Waals surface area contributed by atoms with E-state index in [-0.39, 0.29) is 0 Å². The molecule has 3 nitrogen and oxygen atoms in total. The number of alkyl halides is 1. The van der Waals surface area contributed by atoms with Crippen LogP contribution < -0.4 is 0 Å². The Kier molecular flexibility index (Phi) is 5.40. The summed E-state index contributed by atoms with van der Waals surface area (Å²) < 4.78 is 1.99. The molecule has 0 N–H and O–H groups in total. The molecule has 0 amide bonds. The van der Waals surface area contributed by atoms with Crippen molar-refractivity contribution in [1.82, 2.24) is 14.8 Å². The van der Waals surface area contributed by atoms with Gasteiger partial charge in [0.25, 0.3) is 0 Å². The van der Waals surface area contributed by atoms with Gasteiger partial charge in [-0.05, 0) is 24.3 Å². The van der Waals surface area contributed by atoms with Crippen molar-refractivity contribution in [1.29, 1.82) is 0 Å². The molecule has 2 rings (SSSR count). The van der Waals surface area contributed by atoms with Crippen molar-refractivity contribution in [2.24, 2.45) is 5.92 Å². The molecule has 1 aromatic heterocycles. The first kappa shape index (κ1) is 14.1. The molecule has 0 saturated heterocycles. The normalized spacial score (nSPS) is 12.5. The molecule has 1 atom stereocenters. The minimum absolute atomic E-state index is 0.406. The van der Waals surface area contributed by atoms with Gasteiger partial charge in [-0.25, -0.2) is 4.98 Å². The van der Waals surface area contributed by atoms with E-state index in [9.17, 15) is 0 Å². The van der Waals surface area contributed by atoms with Gasteiger partial charge in [0.15, 0.2) is 0 Å². The van der Waals surface area contributed by atoms with Crippen molar-refractivity contribution in [3.63, 3.8) is 0 Å².